The molecule has 3 nitrogen and oxygen atoms in total. The molecule has 0 aromatic heterocycles. The first-order valence-corrected chi connectivity index (χ1v) is 7.72. The Balaban J connectivity index is 1.99. The lowest BCUT2D eigenvalue weighted by molar-refractivity contribution is -0.132. The summed E-state index contributed by atoms with van der Waals surface area (Å²) in [5.41, 5.74) is 2.11. The topological polar surface area (TPSA) is 44.1 Å². The van der Waals surface area contributed by atoms with Crippen LogP contribution in [0, 0.1) is 28.6 Å². The highest BCUT2D eigenvalue weighted by Crippen LogP contribution is 2.53. The Morgan fingerprint density at radius 3 is 2.50 bits per heavy atom. The van der Waals surface area contributed by atoms with Crippen LogP contribution in [0.1, 0.15) is 32.3 Å². The molecule has 0 bridgehead atoms. The van der Waals surface area contributed by atoms with Crippen LogP contribution in [0.4, 0.5) is 5.69 Å². The molecule has 0 aliphatic heterocycles. The van der Waals surface area contributed by atoms with Crippen LogP contribution in [-0.2, 0) is 4.79 Å². The second kappa shape index (κ2) is 6.36. The Labute approximate surface area is 133 Å². The number of nitrogens with zero attached hydrogens (tertiary/aromatic N) is 2. The lowest BCUT2D eigenvalue weighted by Gasteiger charge is -2.50. The molecule has 116 valence electrons. The Kier molecular flexibility index (Phi) is 4.71. The highest BCUT2D eigenvalue weighted by Gasteiger charge is 2.50. The SMILES string of the molecule is CN(C)c1ccc(/C=C/C(=O)C2CC(CC#N)C2(C)C)cc1. The third kappa shape index (κ3) is 3.22. The van der Waals surface area contributed by atoms with Crippen LogP contribution in [0.5, 0.6) is 0 Å². The molecule has 22 heavy (non-hydrogen) atoms. The fraction of sp³-hybridized carbons (Fsp3) is 0.474. The number of carbonyl (C=O) groups is 1. The number of carbonyl (C=O) groups excluding carboxylic acids is 1. The van der Waals surface area contributed by atoms with Crippen LogP contribution >= 0.6 is 0 Å². The summed E-state index contributed by atoms with van der Waals surface area (Å²) in [5.74, 6) is 0.568. The second-order valence-electron chi connectivity index (χ2n) is 6.89. The Morgan fingerprint density at radius 2 is 2.00 bits per heavy atom. The fourth-order valence-corrected chi connectivity index (χ4v) is 3.13. The molecule has 0 heterocycles. The molecule has 1 fully saturated rings. The molecule has 2 unspecified atom stereocenters. The first-order chi connectivity index (χ1) is 10.4. The molecular formula is C19H24N2O. The maximum atomic E-state index is 12.4. The third-order valence-corrected chi connectivity index (χ3v) is 5.00. The van der Waals surface area contributed by atoms with Crippen molar-refractivity contribution in [1.82, 2.24) is 0 Å². The number of hydrogen-bond donors (Lipinski definition) is 0. The Hall–Kier alpha value is -2.08. The molecular weight excluding hydrogens is 272 g/mol. The third-order valence-electron chi connectivity index (χ3n) is 5.00. The molecule has 2 rings (SSSR count). The number of allylic oxidation sites excluding steroid dienone is 1. The van der Waals surface area contributed by atoms with Gasteiger partial charge < -0.3 is 4.90 Å². The Morgan fingerprint density at radius 1 is 1.36 bits per heavy atom. The van der Waals surface area contributed by atoms with Crippen molar-refractivity contribution in [2.75, 3.05) is 19.0 Å². The summed E-state index contributed by atoms with van der Waals surface area (Å²) in [4.78, 5) is 14.4. The molecule has 1 aromatic carbocycles. The van der Waals surface area contributed by atoms with Gasteiger partial charge in [-0.2, -0.15) is 5.26 Å². The van der Waals surface area contributed by atoms with E-state index < -0.39 is 0 Å². The Bertz CT molecular complexity index is 605. The van der Waals surface area contributed by atoms with Gasteiger partial charge in [-0.1, -0.05) is 32.1 Å². The van der Waals surface area contributed by atoms with E-state index in [2.05, 4.69) is 19.9 Å². The van der Waals surface area contributed by atoms with Gasteiger partial charge in [-0.25, -0.2) is 0 Å². The van der Waals surface area contributed by atoms with Gasteiger partial charge in [0.1, 0.15) is 0 Å². The summed E-state index contributed by atoms with van der Waals surface area (Å²) in [5, 5.41) is 8.82. The smallest absolute Gasteiger partial charge is 0.159 e. The lowest BCUT2D eigenvalue weighted by atomic mass is 9.52. The number of nitriles is 1. The zero-order valence-corrected chi connectivity index (χ0v) is 13.8. The van der Waals surface area contributed by atoms with Crippen LogP contribution in [0.25, 0.3) is 6.08 Å². The standard InChI is InChI=1S/C19H24N2O/c1-19(2)15(11-12-20)13-17(19)18(22)10-7-14-5-8-16(9-6-14)21(3)4/h5-10,15,17H,11,13H2,1-4H3/b10-7+. The first kappa shape index (κ1) is 16.3. The fourth-order valence-electron chi connectivity index (χ4n) is 3.13. The molecule has 0 saturated heterocycles. The van der Waals surface area contributed by atoms with E-state index in [1.807, 2.05) is 49.3 Å². The van der Waals surface area contributed by atoms with E-state index in [1.165, 1.54) is 0 Å². The van der Waals surface area contributed by atoms with Gasteiger partial charge in [-0.15, -0.1) is 0 Å². The van der Waals surface area contributed by atoms with Crippen molar-refractivity contribution in [2.45, 2.75) is 26.7 Å². The minimum absolute atomic E-state index is 0.0446. The number of ketones is 1. The summed E-state index contributed by atoms with van der Waals surface area (Å²) in [6.45, 7) is 4.20. The molecule has 1 saturated carbocycles. The number of anilines is 1. The predicted molar refractivity (Wildman–Crippen MR) is 90.4 cm³/mol. The maximum Gasteiger partial charge on any atom is 0.159 e. The number of rotatable bonds is 5. The van der Waals surface area contributed by atoms with Crippen LogP contribution < -0.4 is 4.90 Å². The van der Waals surface area contributed by atoms with Gasteiger partial charge in [0, 0.05) is 32.1 Å². The molecule has 0 amide bonds. The predicted octanol–water partition coefficient (Wildman–Crippen LogP) is 3.91. The van der Waals surface area contributed by atoms with Gasteiger partial charge in [0.15, 0.2) is 5.78 Å². The maximum absolute atomic E-state index is 12.4. The van der Waals surface area contributed by atoms with Gasteiger partial charge in [-0.3, -0.25) is 4.79 Å². The lowest BCUT2D eigenvalue weighted by Crippen LogP contribution is -2.48. The minimum Gasteiger partial charge on any atom is -0.378 e. The monoisotopic (exact) mass is 296 g/mol. The molecule has 1 aliphatic rings. The molecule has 2 atom stereocenters. The average molecular weight is 296 g/mol. The van der Waals surface area contributed by atoms with Crippen LogP contribution in [0.15, 0.2) is 30.3 Å². The summed E-state index contributed by atoms with van der Waals surface area (Å²) >= 11 is 0. The van der Waals surface area contributed by atoms with E-state index in [0.717, 1.165) is 17.7 Å². The highest BCUT2D eigenvalue weighted by molar-refractivity contribution is 5.96. The van der Waals surface area contributed by atoms with Gasteiger partial charge in [0.25, 0.3) is 0 Å². The first-order valence-electron chi connectivity index (χ1n) is 7.72. The molecule has 0 spiro atoms. The molecule has 1 aliphatic carbocycles. The van der Waals surface area contributed by atoms with Crippen LogP contribution in [0.3, 0.4) is 0 Å². The van der Waals surface area contributed by atoms with Crippen molar-refractivity contribution in [3.8, 4) is 6.07 Å². The normalized spacial score (nSPS) is 22.9. The molecule has 3 heteroatoms. The van der Waals surface area contributed by atoms with Crippen molar-refractivity contribution in [3.05, 3.63) is 35.9 Å². The summed E-state index contributed by atoms with van der Waals surface area (Å²) in [6.07, 6.45) is 4.96. The van der Waals surface area contributed by atoms with E-state index in [-0.39, 0.29) is 17.1 Å². The zero-order valence-electron chi connectivity index (χ0n) is 13.8. The second-order valence-corrected chi connectivity index (χ2v) is 6.89. The van der Waals surface area contributed by atoms with Crippen molar-refractivity contribution in [3.63, 3.8) is 0 Å². The van der Waals surface area contributed by atoms with Gasteiger partial charge >= 0.3 is 0 Å². The van der Waals surface area contributed by atoms with Gasteiger partial charge in [0.05, 0.1) is 6.07 Å². The largest absolute Gasteiger partial charge is 0.378 e. The minimum atomic E-state index is -0.0636. The van der Waals surface area contributed by atoms with E-state index in [4.69, 9.17) is 5.26 Å². The summed E-state index contributed by atoms with van der Waals surface area (Å²) < 4.78 is 0. The van der Waals surface area contributed by atoms with Crippen LogP contribution in [-0.4, -0.2) is 19.9 Å². The number of benzene rings is 1. The van der Waals surface area contributed by atoms with E-state index in [0.29, 0.717) is 12.3 Å². The quantitative estimate of drug-likeness (QED) is 0.774. The summed E-state index contributed by atoms with van der Waals surface area (Å²) in [6, 6.07) is 10.3. The van der Waals surface area contributed by atoms with Crippen LogP contribution in [0.2, 0.25) is 0 Å². The summed E-state index contributed by atoms with van der Waals surface area (Å²) in [7, 11) is 4.01. The van der Waals surface area contributed by atoms with Gasteiger partial charge in [-0.05, 0) is 41.5 Å². The van der Waals surface area contributed by atoms with Crippen molar-refractivity contribution < 1.29 is 4.79 Å². The average Bonchev–Trinajstić information content (AvgIpc) is 2.49. The van der Waals surface area contributed by atoms with Crippen molar-refractivity contribution in [1.29, 1.82) is 5.26 Å². The van der Waals surface area contributed by atoms with Gasteiger partial charge in [0.2, 0.25) is 0 Å². The van der Waals surface area contributed by atoms with E-state index in [1.54, 1.807) is 6.08 Å². The molecule has 0 N–H and O–H groups in total. The zero-order chi connectivity index (χ0) is 16.3. The number of hydrogen-bond acceptors (Lipinski definition) is 3. The van der Waals surface area contributed by atoms with E-state index in [9.17, 15) is 4.79 Å². The molecule has 0 radical (unpaired) electrons. The van der Waals surface area contributed by atoms with E-state index >= 15 is 0 Å². The highest BCUT2D eigenvalue weighted by atomic mass is 16.1. The molecule has 1 aromatic rings. The van der Waals surface area contributed by atoms with Crippen molar-refractivity contribution in [2.24, 2.45) is 17.3 Å². The van der Waals surface area contributed by atoms with Crippen molar-refractivity contribution >= 4 is 17.5 Å².